The van der Waals surface area contributed by atoms with Gasteiger partial charge in [0.1, 0.15) is 0 Å². The Bertz CT molecular complexity index is 450. The maximum absolute atomic E-state index is 12.9. The molecule has 5 heteroatoms. The number of likely N-dealkylation sites (tertiary alicyclic amines) is 2. The summed E-state index contributed by atoms with van der Waals surface area (Å²) in [6.07, 6.45) is 9.40. The first-order valence-corrected chi connectivity index (χ1v) is 9.32. The third kappa shape index (κ3) is 3.54. The van der Waals surface area contributed by atoms with Gasteiger partial charge in [-0.25, -0.2) is 0 Å². The van der Waals surface area contributed by atoms with E-state index in [9.17, 15) is 9.59 Å². The van der Waals surface area contributed by atoms with E-state index in [0.29, 0.717) is 12.6 Å². The predicted molar refractivity (Wildman–Crippen MR) is 90.0 cm³/mol. The Morgan fingerprint density at radius 1 is 0.957 bits per heavy atom. The fraction of sp³-hybridized carbons (Fsp3) is 0.889. The first-order chi connectivity index (χ1) is 11.1. The van der Waals surface area contributed by atoms with Crippen LogP contribution in [0.25, 0.3) is 0 Å². The van der Waals surface area contributed by atoms with Crippen LogP contribution in [0, 0.1) is 5.92 Å². The number of hydrogen-bond donors (Lipinski definition) is 0. The van der Waals surface area contributed by atoms with Crippen molar-refractivity contribution in [1.82, 2.24) is 14.7 Å². The third-order valence-electron chi connectivity index (χ3n) is 5.99. The van der Waals surface area contributed by atoms with Crippen molar-refractivity contribution in [2.45, 2.75) is 63.5 Å². The molecule has 0 N–H and O–H groups in total. The van der Waals surface area contributed by atoms with Crippen LogP contribution < -0.4 is 0 Å². The Morgan fingerprint density at radius 3 is 2.43 bits per heavy atom. The smallest absolute Gasteiger partial charge is 0.239 e. The van der Waals surface area contributed by atoms with Gasteiger partial charge < -0.3 is 9.80 Å². The largest absolute Gasteiger partial charge is 0.347 e. The number of amides is 2. The minimum absolute atomic E-state index is 0.0964. The average molecular weight is 321 g/mol. The van der Waals surface area contributed by atoms with Gasteiger partial charge in [0.2, 0.25) is 11.8 Å². The molecule has 3 unspecified atom stereocenters. The van der Waals surface area contributed by atoms with Crippen molar-refractivity contribution in [2.24, 2.45) is 5.92 Å². The van der Waals surface area contributed by atoms with Gasteiger partial charge >= 0.3 is 0 Å². The van der Waals surface area contributed by atoms with E-state index in [1.807, 2.05) is 0 Å². The summed E-state index contributed by atoms with van der Waals surface area (Å²) >= 11 is 0. The summed E-state index contributed by atoms with van der Waals surface area (Å²) in [6.45, 7) is 2.21. The summed E-state index contributed by atoms with van der Waals surface area (Å²) in [6, 6.07) is 0.372. The van der Waals surface area contributed by atoms with E-state index in [1.165, 1.54) is 32.1 Å². The van der Waals surface area contributed by atoms with Crippen LogP contribution in [0.5, 0.6) is 0 Å². The van der Waals surface area contributed by atoms with Crippen LogP contribution in [0.2, 0.25) is 0 Å². The zero-order chi connectivity index (χ0) is 16.4. The van der Waals surface area contributed by atoms with Crippen molar-refractivity contribution in [3.05, 3.63) is 0 Å². The summed E-state index contributed by atoms with van der Waals surface area (Å²) in [5, 5.41) is 0. The van der Waals surface area contributed by atoms with E-state index < -0.39 is 0 Å². The zero-order valence-electron chi connectivity index (χ0n) is 14.7. The van der Waals surface area contributed by atoms with Crippen molar-refractivity contribution in [1.29, 1.82) is 0 Å². The van der Waals surface area contributed by atoms with Gasteiger partial charge in [0.25, 0.3) is 0 Å². The highest BCUT2D eigenvalue weighted by Crippen LogP contribution is 2.35. The minimum Gasteiger partial charge on any atom is -0.347 e. The molecule has 0 bridgehead atoms. The third-order valence-corrected chi connectivity index (χ3v) is 5.99. The van der Waals surface area contributed by atoms with E-state index >= 15 is 0 Å². The molecular formula is C18H31N3O2. The second kappa shape index (κ2) is 7.20. The van der Waals surface area contributed by atoms with E-state index in [0.717, 1.165) is 38.3 Å². The van der Waals surface area contributed by atoms with Crippen molar-refractivity contribution < 1.29 is 9.59 Å². The average Bonchev–Trinajstić information content (AvgIpc) is 3.01. The lowest BCUT2D eigenvalue weighted by Crippen LogP contribution is -2.54. The second-order valence-corrected chi connectivity index (χ2v) is 7.70. The van der Waals surface area contributed by atoms with Crippen LogP contribution >= 0.6 is 0 Å². The predicted octanol–water partition coefficient (Wildman–Crippen LogP) is 1.72. The molecule has 0 spiro atoms. The molecule has 3 fully saturated rings. The maximum Gasteiger partial charge on any atom is 0.239 e. The summed E-state index contributed by atoms with van der Waals surface area (Å²) < 4.78 is 0. The van der Waals surface area contributed by atoms with Gasteiger partial charge in [-0.1, -0.05) is 12.8 Å². The molecule has 1 saturated carbocycles. The number of carbonyl (C=O) groups excluding carboxylic acids is 2. The van der Waals surface area contributed by atoms with E-state index in [2.05, 4.69) is 9.80 Å². The normalized spacial score (nSPS) is 31.7. The lowest BCUT2D eigenvalue weighted by molar-refractivity contribution is -0.141. The number of nitrogens with zero attached hydrogens (tertiary/aromatic N) is 3. The molecule has 3 atom stereocenters. The molecule has 3 rings (SSSR count). The molecule has 0 radical (unpaired) electrons. The number of hydrogen-bond acceptors (Lipinski definition) is 3. The van der Waals surface area contributed by atoms with Gasteiger partial charge in [0, 0.05) is 26.7 Å². The van der Waals surface area contributed by atoms with Crippen LogP contribution in [-0.4, -0.2) is 72.3 Å². The zero-order valence-corrected chi connectivity index (χ0v) is 14.7. The molecule has 2 heterocycles. The maximum atomic E-state index is 12.9. The molecule has 2 aliphatic heterocycles. The summed E-state index contributed by atoms with van der Waals surface area (Å²) in [5.74, 6) is 1.11. The Kier molecular flexibility index (Phi) is 5.24. The molecule has 0 aromatic heterocycles. The molecule has 2 saturated heterocycles. The van der Waals surface area contributed by atoms with Gasteiger partial charge in [0.15, 0.2) is 0 Å². The van der Waals surface area contributed by atoms with Gasteiger partial charge in [-0.05, 0) is 51.0 Å². The highest BCUT2D eigenvalue weighted by atomic mass is 16.2. The van der Waals surface area contributed by atoms with Gasteiger partial charge in [-0.15, -0.1) is 0 Å². The van der Waals surface area contributed by atoms with Crippen molar-refractivity contribution >= 4 is 11.8 Å². The minimum atomic E-state index is -0.0964. The molecule has 130 valence electrons. The molecule has 0 aromatic carbocycles. The monoisotopic (exact) mass is 321 g/mol. The standard InChI is InChI=1S/C18H31N3O2/c1-19(2)18(23)16-10-6-11-20(16)13-17(22)21-12-5-8-14-7-3-4-9-15(14)21/h14-16H,3-13H2,1-2H3. The first kappa shape index (κ1) is 16.7. The Morgan fingerprint density at radius 2 is 1.65 bits per heavy atom. The fourth-order valence-corrected chi connectivity index (χ4v) is 4.79. The lowest BCUT2D eigenvalue weighted by atomic mass is 9.78. The highest BCUT2D eigenvalue weighted by molar-refractivity contribution is 5.84. The van der Waals surface area contributed by atoms with Crippen molar-refractivity contribution in [2.75, 3.05) is 33.7 Å². The van der Waals surface area contributed by atoms with E-state index in [4.69, 9.17) is 0 Å². The molecule has 23 heavy (non-hydrogen) atoms. The highest BCUT2D eigenvalue weighted by Gasteiger charge is 2.38. The number of likely N-dealkylation sites (N-methyl/N-ethyl adjacent to an activating group) is 1. The van der Waals surface area contributed by atoms with Crippen molar-refractivity contribution in [3.8, 4) is 0 Å². The number of carbonyl (C=O) groups is 2. The Hall–Kier alpha value is -1.10. The molecule has 1 aliphatic carbocycles. The molecule has 2 amide bonds. The SMILES string of the molecule is CN(C)C(=O)C1CCCN1CC(=O)N1CCCC2CCCCC21. The Labute approximate surface area is 140 Å². The van der Waals surface area contributed by atoms with E-state index in [-0.39, 0.29) is 17.9 Å². The van der Waals surface area contributed by atoms with Crippen molar-refractivity contribution in [3.63, 3.8) is 0 Å². The number of fused-ring (bicyclic) bond motifs is 1. The molecule has 0 aromatic rings. The van der Waals surface area contributed by atoms with Crippen LogP contribution in [0.1, 0.15) is 51.4 Å². The molecule has 3 aliphatic rings. The summed E-state index contributed by atoms with van der Waals surface area (Å²) in [7, 11) is 3.61. The molecular weight excluding hydrogens is 290 g/mol. The first-order valence-electron chi connectivity index (χ1n) is 9.32. The van der Waals surface area contributed by atoms with Gasteiger partial charge in [0.05, 0.1) is 12.6 Å². The van der Waals surface area contributed by atoms with Crippen LogP contribution in [0.15, 0.2) is 0 Å². The Balaban J connectivity index is 1.62. The van der Waals surface area contributed by atoms with Crippen LogP contribution in [0.4, 0.5) is 0 Å². The van der Waals surface area contributed by atoms with Gasteiger partial charge in [-0.2, -0.15) is 0 Å². The summed E-state index contributed by atoms with van der Waals surface area (Å²) in [5.41, 5.74) is 0. The topological polar surface area (TPSA) is 43.9 Å². The number of rotatable bonds is 3. The van der Waals surface area contributed by atoms with Crippen LogP contribution in [0.3, 0.4) is 0 Å². The summed E-state index contributed by atoms with van der Waals surface area (Å²) in [4.78, 5) is 31.1. The quantitative estimate of drug-likeness (QED) is 0.795. The second-order valence-electron chi connectivity index (χ2n) is 7.70. The lowest BCUT2D eigenvalue weighted by Gasteiger charge is -2.44. The number of piperidine rings is 1. The molecule has 5 nitrogen and oxygen atoms in total. The van der Waals surface area contributed by atoms with Crippen LogP contribution in [-0.2, 0) is 9.59 Å². The van der Waals surface area contributed by atoms with Gasteiger partial charge in [-0.3, -0.25) is 14.5 Å². The van der Waals surface area contributed by atoms with E-state index in [1.54, 1.807) is 19.0 Å². The fourth-order valence-electron chi connectivity index (χ4n) is 4.79.